The minimum absolute atomic E-state index is 0.115. The lowest BCUT2D eigenvalue weighted by Crippen LogP contribution is -2.08. The SMILES string of the molecule is COC(C)CCC(O)c1cc(C)cc(F)c1. The van der Waals surface area contributed by atoms with Gasteiger partial charge in [-0.2, -0.15) is 0 Å². The standard InChI is InChI=1S/C13H19FO2/c1-9-6-11(8-12(14)7-9)13(15)5-4-10(2)16-3/h6-8,10,13,15H,4-5H2,1-3H3. The smallest absolute Gasteiger partial charge is 0.123 e. The predicted molar refractivity (Wildman–Crippen MR) is 61.8 cm³/mol. The zero-order chi connectivity index (χ0) is 12.1. The average molecular weight is 226 g/mol. The lowest BCUT2D eigenvalue weighted by atomic mass is 10.0. The fourth-order valence-electron chi connectivity index (χ4n) is 1.63. The first-order valence-electron chi connectivity index (χ1n) is 5.51. The normalized spacial score (nSPS) is 14.8. The molecule has 1 aromatic rings. The summed E-state index contributed by atoms with van der Waals surface area (Å²) >= 11 is 0. The summed E-state index contributed by atoms with van der Waals surface area (Å²) in [7, 11) is 1.64. The summed E-state index contributed by atoms with van der Waals surface area (Å²) in [6.45, 7) is 3.76. The molecule has 2 nitrogen and oxygen atoms in total. The monoisotopic (exact) mass is 226 g/mol. The van der Waals surface area contributed by atoms with E-state index in [1.165, 1.54) is 12.1 Å². The molecule has 90 valence electrons. The van der Waals surface area contributed by atoms with Gasteiger partial charge < -0.3 is 9.84 Å². The Bertz CT molecular complexity index is 318. The quantitative estimate of drug-likeness (QED) is 0.836. The molecule has 0 aliphatic rings. The zero-order valence-corrected chi connectivity index (χ0v) is 10.0. The van der Waals surface area contributed by atoms with Gasteiger partial charge in [0.15, 0.2) is 0 Å². The molecule has 0 aromatic heterocycles. The van der Waals surface area contributed by atoms with E-state index in [-0.39, 0.29) is 11.9 Å². The van der Waals surface area contributed by atoms with Gasteiger partial charge in [0, 0.05) is 7.11 Å². The van der Waals surface area contributed by atoms with E-state index in [1.54, 1.807) is 7.11 Å². The maximum Gasteiger partial charge on any atom is 0.123 e. The molecule has 0 radical (unpaired) electrons. The van der Waals surface area contributed by atoms with E-state index in [9.17, 15) is 9.50 Å². The van der Waals surface area contributed by atoms with E-state index in [2.05, 4.69) is 0 Å². The van der Waals surface area contributed by atoms with Crippen molar-refractivity contribution in [3.63, 3.8) is 0 Å². The largest absolute Gasteiger partial charge is 0.388 e. The summed E-state index contributed by atoms with van der Waals surface area (Å²) < 4.78 is 18.2. The minimum atomic E-state index is -0.619. The number of hydrogen-bond acceptors (Lipinski definition) is 2. The molecule has 2 atom stereocenters. The summed E-state index contributed by atoms with van der Waals surface area (Å²) in [6, 6.07) is 4.65. The average Bonchev–Trinajstić information content (AvgIpc) is 2.23. The number of hydrogen-bond donors (Lipinski definition) is 1. The van der Waals surface area contributed by atoms with Gasteiger partial charge in [-0.05, 0) is 49.9 Å². The lowest BCUT2D eigenvalue weighted by Gasteiger charge is -2.14. The van der Waals surface area contributed by atoms with Crippen LogP contribution in [0, 0.1) is 12.7 Å². The van der Waals surface area contributed by atoms with Crippen LogP contribution in [0.1, 0.15) is 37.0 Å². The summed E-state index contributed by atoms with van der Waals surface area (Å²) in [4.78, 5) is 0. The van der Waals surface area contributed by atoms with E-state index in [1.807, 2.05) is 19.9 Å². The van der Waals surface area contributed by atoms with Crippen LogP contribution in [0.3, 0.4) is 0 Å². The molecule has 0 aliphatic carbocycles. The maximum atomic E-state index is 13.1. The molecule has 16 heavy (non-hydrogen) atoms. The Hall–Kier alpha value is -0.930. The third-order valence-electron chi connectivity index (χ3n) is 2.70. The summed E-state index contributed by atoms with van der Waals surface area (Å²) in [6.07, 6.45) is 0.835. The van der Waals surface area contributed by atoms with Gasteiger partial charge in [0.1, 0.15) is 5.82 Å². The number of ether oxygens (including phenoxy) is 1. The van der Waals surface area contributed by atoms with Crippen molar-refractivity contribution in [2.75, 3.05) is 7.11 Å². The Balaban J connectivity index is 2.62. The zero-order valence-electron chi connectivity index (χ0n) is 10.0. The highest BCUT2D eigenvalue weighted by Crippen LogP contribution is 2.21. The number of rotatable bonds is 5. The van der Waals surface area contributed by atoms with Crippen molar-refractivity contribution < 1.29 is 14.2 Å². The van der Waals surface area contributed by atoms with Gasteiger partial charge in [0.2, 0.25) is 0 Å². The minimum Gasteiger partial charge on any atom is -0.388 e. The first-order chi connectivity index (χ1) is 7.52. The number of halogens is 1. The molecule has 1 N–H and O–H groups in total. The second kappa shape index (κ2) is 5.97. The molecule has 1 aromatic carbocycles. The van der Waals surface area contributed by atoms with Crippen LogP contribution in [0.4, 0.5) is 4.39 Å². The molecule has 0 saturated carbocycles. The molecule has 2 unspecified atom stereocenters. The van der Waals surface area contributed by atoms with Crippen LogP contribution >= 0.6 is 0 Å². The summed E-state index contributed by atoms with van der Waals surface area (Å²) in [5.41, 5.74) is 1.47. The van der Waals surface area contributed by atoms with Crippen molar-refractivity contribution in [1.29, 1.82) is 0 Å². The number of aryl methyl sites for hydroxylation is 1. The van der Waals surface area contributed by atoms with Crippen LogP contribution in [0.5, 0.6) is 0 Å². The van der Waals surface area contributed by atoms with Crippen LogP contribution in [-0.4, -0.2) is 18.3 Å². The van der Waals surface area contributed by atoms with Gasteiger partial charge in [0.25, 0.3) is 0 Å². The highest BCUT2D eigenvalue weighted by molar-refractivity contribution is 5.25. The predicted octanol–water partition coefficient (Wildman–Crippen LogP) is 2.98. The van der Waals surface area contributed by atoms with E-state index < -0.39 is 6.10 Å². The highest BCUT2D eigenvalue weighted by Gasteiger charge is 2.11. The first-order valence-corrected chi connectivity index (χ1v) is 5.51. The van der Waals surface area contributed by atoms with Crippen molar-refractivity contribution in [3.8, 4) is 0 Å². The van der Waals surface area contributed by atoms with E-state index in [0.717, 1.165) is 12.0 Å². The van der Waals surface area contributed by atoms with Gasteiger partial charge in [-0.3, -0.25) is 0 Å². The Labute approximate surface area is 96.1 Å². The van der Waals surface area contributed by atoms with Gasteiger partial charge in [-0.25, -0.2) is 4.39 Å². The molecule has 0 saturated heterocycles. The molecule has 1 rings (SSSR count). The Morgan fingerprint density at radius 2 is 2.00 bits per heavy atom. The molecule has 0 heterocycles. The molecular weight excluding hydrogens is 207 g/mol. The Morgan fingerprint density at radius 1 is 1.31 bits per heavy atom. The summed E-state index contributed by atoms with van der Waals surface area (Å²) in [5.74, 6) is -0.297. The first kappa shape index (κ1) is 13.1. The van der Waals surface area contributed by atoms with E-state index >= 15 is 0 Å². The van der Waals surface area contributed by atoms with E-state index in [0.29, 0.717) is 12.0 Å². The maximum absolute atomic E-state index is 13.1. The van der Waals surface area contributed by atoms with Crippen molar-refractivity contribution >= 4 is 0 Å². The molecule has 0 fully saturated rings. The van der Waals surface area contributed by atoms with Gasteiger partial charge in [-0.15, -0.1) is 0 Å². The third kappa shape index (κ3) is 3.91. The molecule has 3 heteroatoms. The van der Waals surface area contributed by atoms with Crippen molar-refractivity contribution in [2.24, 2.45) is 0 Å². The Morgan fingerprint density at radius 3 is 2.56 bits per heavy atom. The number of benzene rings is 1. The van der Waals surface area contributed by atoms with Gasteiger partial charge in [-0.1, -0.05) is 6.07 Å². The lowest BCUT2D eigenvalue weighted by molar-refractivity contribution is 0.0850. The highest BCUT2D eigenvalue weighted by atomic mass is 19.1. The fraction of sp³-hybridized carbons (Fsp3) is 0.538. The second-order valence-electron chi connectivity index (χ2n) is 4.20. The summed E-state index contributed by atoms with van der Waals surface area (Å²) in [5, 5.41) is 9.89. The van der Waals surface area contributed by atoms with Crippen molar-refractivity contribution in [3.05, 3.63) is 35.1 Å². The van der Waals surface area contributed by atoms with E-state index in [4.69, 9.17) is 4.74 Å². The van der Waals surface area contributed by atoms with Crippen LogP contribution in [0.15, 0.2) is 18.2 Å². The van der Waals surface area contributed by atoms with Crippen molar-refractivity contribution in [1.82, 2.24) is 0 Å². The van der Waals surface area contributed by atoms with Gasteiger partial charge >= 0.3 is 0 Å². The van der Waals surface area contributed by atoms with Crippen LogP contribution in [0.25, 0.3) is 0 Å². The Kier molecular flexibility index (Phi) is 4.90. The topological polar surface area (TPSA) is 29.5 Å². The number of aliphatic hydroxyl groups is 1. The molecule has 0 amide bonds. The van der Waals surface area contributed by atoms with Gasteiger partial charge in [0.05, 0.1) is 12.2 Å². The molecule has 0 bridgehead atoms. The fourth-order valence-corrected chi connectivity index (χ4v) is 1.63. The van der Waals surface area contributed by atoms with Crippen LogP contribution in [-0.2, 0) is 4.74 Å². The second-order valence-corrected chi connectivity index (χ2v) is 4.20. The van der Waals surface area contributed by atoms with Crippen LogP contribution < -0.4 is 0 Å². The molecular formula is C13H19FO2. The van der Waals surface area contributed by atoms with Crippen LogP contribution in [0.2, 0.25) is 0 Å². The molecule has 0 aliphatic heterocycles. The molecule has 0 spiro atoms. The number of methoxy groups -OCH3 is 1. The third-order valence-corrected chi connectivity index (χ3v) is 2.70. The van der Waals surface area contributed by atoms with Crippen molar-refractivity contribution in [2.45, 2.75) is 38.9 Å². The number of aliphatic hydroxyl groups excluding tert-OH is 1.